The quantitative estimate of drug-likeness (QED) is 0.785. The van der Waals surface area contributed by atoms with Crippen molar-refractivity contribution in [2.45, 2.75) is 37.9 Å². The predicted molar refractivity (Wildman–Crippen MR) is 87.4 cm³/mol. The monoisotopic (exact) mass is 339 g/mol. The van der Waals surface area contributed by atoms with Crippen LogP contribution in [0.1, 0.15) is 26.7 Å². The highest BCUT2D eigenvalue weighted by Gasteiger charge is 2.13. The minimum Gasteiger partial charge on any atom is -0.353 e. The van der Waals surface area contributed by atoms with Gasteiger partial charge in [0.15, 0.2) is 0 Å². The molecule has 0 aliphatic rings. The summed E-state index contributed by atoms with van der Waals surface area (Å²) in [6, 6.07) is 7.42. The van der Waals surface area contributed by atoms with Crippen molar-refractivity contribution in [2.75, 3.05) is 5.75 Å². The predicted octanol–water partition coefficient (Wildman–Crippen LogP) is 2.71. The number of carbonyl (C=O) groups is 1. The zero-order valence-corrected chi connectivity index (χ0v) is 14.1. The lowest BCUT2D eigenvalue weighted by Crippen LogP contribution is -2.35. The van der Waals surface area contributed by atoms with Crippen molar-refractivity contribution in [3.63, 3.8) is 0 Å². The van der Waals surface area contributed by atoms with Gasteiger partial charge in [0, 0.05) is 11.1 Å². The molecule has 0 atom stereocenters. The Morgan fingerprint density at radius 1 is 1.32 bits per heavy atom. The molecule has 118 valence electrons. The van der Waals surface area contributed by atoms with Gasteiger partial charge in [-0.1, -0.05) is 37.2 Å². The van der Waals surface area contributed by atoms with E-state index in [9.17, 15) is 4.79 Å². The Labute approximate surface area is 138 Å². The topological polar surface area (TPSA) is 72.7 Å². The first-order valence-corrected chi connectivity index (χ1v) is 8.46. The van der Waals surface area contributed by atoms with Gasteiger partial charge in [-0.3, -0.25) is 4.79 Å². The van der Waals surface area contributed by atoms with Gasteiger partial charge in [0.1, 0.15) is 0 Å². The van der Waals surface area contributed by atoms with E-state index in [0.717, 1.165) is 18.5 Å². The average Bonchev–Trinajstić information content (AvgIpc) is 3.00. The van der Waals surface area contributed by atoms with Crippen molar-refractivity contribution >= 4 is 29.3 Å². The summed E-state index contributed by atoms with van der Waals surface area (Å²) in [5, 5.41) is 15.8. The fraction of sp³-hybridized carbons (Fsp3) is 0.429. The minimum atomic E-state index is -0.00986. The first-order chi connectivity index (χ1) is 10.6. The summed E-state index contributed by atoms with van der Waals surface area (Å²) in [6.45, 7) is 4.12. The number of thioether (sulfide) groups is 1. The highest BCUT2D eigenvalue weighted by Crippen LogP contribution is 2.19. The number of nitrogens with one attached hydrogen (secondary N) is 1. The summed E-state index contributed by atoms with van der Waals surface area (Å²) in [6.07, 6.45) is 1.85. The van der Waals surface area contributed by atoms with E-state index >= 15 is 0 Å². The van der Waals surface area contributed by atoms with Crippen LogP contribution in [-0.4, -0.2) is 37.9 Å². The van der Waals surface area contributed by atoms with Gasteiger partial charge >= 0.3 is 0 Å². The Balaban J connectivity index is 1.98. The summed E-state index contributed by atoms with van der Waals surface area (Å²) in [5.41, 5.74) is 0.803. The van der Waals surface area contributed by atoms with Crippen LogP contribution in [0.4, 0.5) is 0 Å². The summed E-state index contributed by atoms with van der Waals surface area (Å²) >= 11 is 7.18. The van der Waals surface area contributed by atoms with Crippen LogP contribution in [0.5, 0.6) is 0 Å². The van der Waals surface area contributed by atoms with Gasteiger partial charge in [-0.2, -0.15) is 4.68 Å². The third-order valence-corrected chi connectivity index (χ3v) is 4.37. The van der Waals surface area contributed by atoms with Gasteiger partial charge in [-0.05, 0) is 47.5 Å². The smallest absolute Gasteiger partial charge is 0.230 e. The second-order valence-electron chi connectivity index (χ2n) is 4.72. The molecule has 1 amide bonds. The number of aromatic nitrogens is 4. The van der Waals surface area contributed by atoms with Gasteiger partial charge in [-0.15, -0.1) is 5.10 Å². The summed E-state index contributed by atoms with van der Waals surface area (Å²) in [4.78, 5) is 11.9. The first kappa shape index (κ1) is 16.8. The van der Waals surface area contributed by atoms with Gasteiger partial charge in [-0.25, -0.2) is 0 Å². The van der Waals surface area contributed by atoms with E-state index in [-0.39, 0.29) is 17.7 Å². The van der Waals surface area contributed by atoms with Gasteiger partial charge in [0.25, 0.3) is 0 Å². The third-order valence-electron chi connectivity index (χ3n) is 3.20. The lowest BCUT2D eigenvalue weighted by Gasteiger charge is -2.14. The van der Waals surface area contributed by atoms with Crippen molar-refractivity contribution in [3.8, 4) is 5.69 Å². The molecule has 0 saturated carbocycles. The molecule has 22 heavy (non-hydrogen) atoms. The van der Waals surface area contributed by atoms with Crippen LogP contribution >= 0.6 is 23.4 Å². The summed E-state index contributed by atoms with van der Waals surface area (Å²) < 4.78 is 1.59. The number of halogens is 1. The van der Waals surface area contributed by atoms with Crippen molar-refractivity contribution in [1.29, 1.82) is 0 Å². The number of hydrogen-bond acceptors (Lipinski definition) is 5. The molecule has 2 rings (SSSR count). The van der Waals surface area contributed by atoms with Crippen molar-refractivity contribution < 1.29 is 4.79 Å². The normalized spacial score (nSPS) is 10.9. The number of rotatable bonds is 7. The van der Waals surface area contributed by atoms with Crippen LogP contribution in [0.15, 0.2) is 29.4 Å². The molecule has 2 aromatic rings. The maximum Gasteiger partial charge on any atom is 0.230 e. The minimum absolute atomic E-state index is 0.00986. The Kier molecular flexibility index (Phi) is 6.21. The van der Waals surface area contributed by atoms with Gasteiger partial charge in [0.05, 0.1) is 11.4 Å². The molecule has 0 saturated heterocycles. The molecule has 0 fully saturated rings. The largest absolute Gasteiger partial charge is 0.353 e. The third kappa shape index (κ3) is 4.45. The van der Waals surface area contributed by atoms with E-state index in [1.165, 1.54) is 11.8 Å². The fourth-order valence-electron chi connectivity index (χ4n) is 1.91. The maximum atomic E-state index is 11.9. The molecular formula is C14H18ClN5OS. The standard InChI is InChI=1S/C14H18ClN5OS/c1-3-11(4-2)16-13(21)9-22-14-17-18-19-20(14)12-7-5-10(15)6-8-12/h5-8,11H,3-4,9H2,1-2H3,(H,16,21). The molecule has 1 heterocycles. The van der Waals surface area contributed by atoms with E-state index in [1.807, 2.05) is 12.1 Å². The highest BCUT2D eigenvalue weighted by atomic mass is 35.5. The Morgan fingerprint density at radius 2 is 2.00 bits per heavy atom. The number of tetrazole rings is 1. The van der Waals surface area contributed by atoms with Crippen LogP contribution in [0.2, 0.25) is 5.02 Å². The summed E-state index contributed by atoms with van der Waals surface area (Å²) in [7, 11) is 0. The Bertz CT molecular complexity index is 612. The summed E-state index contributed by atoms with van der Waals surface area (Å²) in [5.74, 6) is 0.272. The second kappa shape index (κ2) is 8.14. The number of benzene rings is 1. The molecule has 0 radical (unpaired) electrons. The Morgan fingerprint density at radius 3 is 2.64 bits per heavy atom. The van der Waals surface area contributed by atoms with E-state index < -0.39 is 0 Å². The zero-order valence-electron chi connectivity index (χ0n) is 12.5. The van der Waals surface area contributed by atoms with Crippen LogP contribution in [0.3, 0.4) is 0 Å². The van der Waals surface area contributed by atoms with E-state index in [4.69, 9.17) is 11.6 Å². The molecule has 8 heteroatoms. The van der Waals surface area contributed by atoms with Crippen LogP contribution in [-0.2, 0) is 4.79 Å². The molecule has 1 aromatic carbocycles. The molecule has 0 unspecified atom stereocenters. The van der Waals surface area contributed by atoms with E-state index in [0.29, 0.717) is 10.2 Å². The number of carbonyl (C=O) groups excluding carboxylic acids is 1. The molecule has 0 spiro atoms. The number of nitrogens with zero attached hydrogens (tertiary/aromatic N) is 4. The van der Waals surface area contributed by atoms with Crippen LogP contribution in [0, 0.1) is 0 Å². The molecule has 0 aliphatic carbocycles. The molecule has 0 bridgehead atoms. The maximum absolute atomic E-state index is 11.9. The second-order valence-corrected chi connectivity index (χ2v) is 6.10. The zero-order chi connectivity index (χ0) is 15.9. The molecule has 0 aliphatic heterocycles. The molecule has 1 aromatic heterocycles. The fourth-order valence-corrected chi connectivity index (χ4v) is 2.73. The van der Waals surface area contributed by atoms with Crippen molar-refractivity contribution in [3.05, 3.63) is 29.3 Å². The number of amides is 1. The van der Waals surface area contributed by atoms with Crippen molar-refractivity contribution in [2.24, 2.45) is 0 Å². The van der Waals surface area contributed by atoms with E-state index in [2.05, 4.69) is 34.7 Å². The first-order valence-electron chi connectivity index (χ1n) is 7.10. The highest BCUT2D eigenvalue weighted by molar-refractivity contribution is 7.99. The van der Waals surface area contributed by atoms with Gasteiger partial charge < -0.3 is 5.32 Å². The van der Waals surface area contributed by atoms with E-state index in [1.54, 1.807) is 16.8 Å². The lowest BCUT2D eigenvalue weighted by atomic mass is 10.2. The lowest BCUT2D eigenvalue weighted by molar-refractivity contribution is -0.119. The molecule has 1 N–H and O–H groups in total. The molecular weight excluding hydrogens is 322 g/mol. The Hall–Kier alpha value is -1.60. The average molecular weight is 340 g/mol. The van der Waals surface area contributed by atoms with Crippen LogP contribution in [0.25, 0.3) is 5.69 Å². The van der Waals surface area contributed by atoms with Crippen LogP contribution < -0.4 is 5.32 Å². The molecule has 6 nitrogen and oxygen atoms in total. The number of hydrogen-bond donors (Lipinski definition) is 1. The van der Waals surface area contributed by atoms with Crippen molar-refractivity contribution in [1.82, 2.24) is 25.5 Å². The SMILES string of the molecule is CCC(CC)NC(=O)CSc1nnnn1-c1ccc(Cl)cc1. The van der Waals surface area contributed by atoms with Gasteiger partial charge in [0.2, 0.25) is 11.1 Å².